The normalized spacial score (nSPS) is 11.1. The molecule has 0 aliphatic rings. The van der Waals surface area contributed by atoms with Gasteiger partial charge in [-0.1, -0.05) is 30.3 Å². The highest BCUT2D eigenvalue weighted by Gasteiger charge is 2.06. The lowest BCUT2D eigenvalue weighted by atomic mass is 10.1. The number of carbonyl (C=O) groups excluding carboxylic acids is 1. The lowest BCUT2D eigenvalue weighted by Gasteiger charge is -2.06. The third kappa shape index (κ3) is 3.83. The molecule has 126 valence electrons. The number of nitrogens with zero attached hydrogens (tertiary/aromatic N) is 2. The lowest BCUT2D eigenvalue weighted by Crippen LogP contribution is -2.18. The first kappa shape index (κ1) is 16.6. The minimum absolute atomic E-state index is 0.0450. The number of ether oxygens (including phenoxy) is 1. The van der Waals surface area contributed by atoms with Gasteiger partial charge in [-0.15, -0.1) is 0 Å². The van der Waals surface area contributed by atoms with Crippen LogP contribution in [-0.2, 0) is 16.1 Å². The molecule has 0 bridgehead atoms. The van der Waals surface area contributed by atoms with Gasteiger partial charge in [-0.05, 0) is 43.2 Å². The van der Waals surface area contributed by atoms with Crippen LogP contribution in [0, 0.1) is 13.8 Å². The van der Waals surface area contributed by atoms with E-state index < -0.39 is 5.97 Å². The maximum atomic E-state index is 12.2. The molecule has 3 aromatic rings. The average molecular weight is 334 g/mol. The van der Waals surface area contributed by atoms with Crippen LogP contribution in [0.5, 0.6) is 0 Å². The van der Waals surface area contributed by atoms with E-state index in [0.717, 1.165) is 16.8 Å². The topological polar surface area (TPSA) is 60.7 Å². The van der Waals surface area contributed by atoms with E-state index in [-0.39, 0.29) is 12.2 Å². The van der Waals surface area contributed by atoms with Gasteiger partial charge in [0.15, 0.2) is 0 Å². The molecule has 3 rings (SSSR count). The molecule has 0 radical (unpaired) electrons. The van der Waals surface area contributed by atoms with Crippen molar-refractivity contribution in [3.8, 4) is 0 Å². The van der Waals surface area contributed by atoms with E-state index in [0.29, 0.717) is 11.3 Å². The van der Waals surface area contributed by atoms with Crippen molar-refractivity contribution in [1.82, 2.24) is 9.38 Å². The summed E-state index contributed by atoms with van der Waals surface area (Å²) in [4.78, 5) is 28.4. The fourth-order valence-electron chi connectivity index (χ4n) is 2.56. The van der Waals surface area contributed by atoms with Gasteiger partial charge in [0.1, 0.15) is 12.3 Å². The molecule has 0 saturated carbocycles. The fraction of sp³-hybridized carbons (Fsp3) is 0.150. The van der Waals surface area contributed by atoms with Gasteiger partial charge in [0.2, 0.25) is 0 Å². The Morgan fingerprint density at radius 3 is 2.76 bits per heavy atom. The standard InChI is InChI=1S/C20H18N2O3/c1-14-6-3-4-8-16(14)10-11-20(24)25-13-17-12-19(23)22-15(2)7-5-9-18(22)21-17/h3-12H,13H2,1-2H3/b11-10+. The molecule has 0 aliphatic heterocycles. The summed E-state index contributed by atoms with van der Waals surface area (Å²) in [5.74, 6) is -0.477. The molecule has 0 spiro atoms. The van der Waals surface area contributed by atoms with Gasteiger partial charge in [-0.3, -0.25) is 9.20 Å². The van der Waals surface area contributed by atoms with Gasteiger partial charge in [-0.25, -0.2) is 9.78 Å². The largest absolute Gasteiger partial charge is 0.456 e. The number of pyridine rings is 1. The number of hydrogen-bond acceptors (Lipinski definition) is 4. The van der Waals surface area contributed by atoms with Crippen LogP contribution >= 0.6 is 0 Å². The first-order valence-electron chi connectivity index (χ1n) is 7.93. The molecule has 0 amide bonds. The third-order valence-electron chi connectivity index (χ3n) is 3.88. The molecular formula is C20H18N2O3. The van der Waals surface area contributed by atoms with Crippen LogP contribution in [0.25, 0.3) is 11.7 Å². The monoisotopic (exact) mass is 334 g/mol. The lowest BCUT2D eigenvalue weighted by molar-refractivity contribution is -0.139. The van der Waals surface area contributed by atoms with E-state index in [9.17, 15) is 9.59 Å². The van der Waals surface area contributed by atoms with Gasteiger partial charge in [-0.2, -0.15) is 0 Å². The highest BCUT2D eigenvalue weighted by atomic mass is 16.5. The Bertz CT molecular complexity index is 1020. The summed E-state index contributed by atoms with van der Waals surface area (Å²) in [6, 6.07) is 14.6. The molecule has 0 unspecified atom stereocenters. The summed E-state index contributed by atoms with van der Waals surface area (Å²) >= 11 is 0. The number of aryl methyl sites for hydroxylation is 2. The van der Waals surface area contributed by atoms with E-state index >= 15 is 0 Å². The zero-order valence-corrected chi connectivity index (χ0v) is 14.1. The van der Waals surface area contributed by atoms with Crippen LogP contribution in [0.1, 0.15) is 22.5 Å². The maximum absolute atomic E-state index is 12.2. The number of fused-ring (bicyclic) bond motifs is 1. The Kier molecular flexibility index (Phi) is 4.75. The molecular weight excluding hydrogens is 316 g/mol. The van der Waals surface area contributed by atoms with Crippen molar-refractivity contribution in [2.75, 3.05) is 0 Å². The predicted molar refractivity (Wildman–Crippen MR) is 96.2 cm³/mol. The predicted octanol–water partition coefficient (Wildman–Crippen LogP) is 3.07. The molecule has 0 fully saturated rings. The number of esters is 1. The van der Waals surface area contributed by atoms with Crippen LogP contribution in [0.2, 0.25) is 0 Å². The van der Waals surface area contributed by atoms with Crippen LogP contribution in [0.15, 0.2) is 59.4 Å². The number of aromatic nitrogens is 2. The quantitative estimate of drug-likeness (QED) is 0.543. The molecule has 2 aromatic heterocycles. The average Bonchev–Trinajstić information content (AvgIpc) is 2.59. The first-order valence-corrected chi connectivity index (χ1v) is 7.93. The first-order chi connectivity index (χ1) is 12.0. The Morgan fingerprint density at radius 2 is 1.96 bits per heavy atom. The molecule has 0 N–H and O–H groups in total. The van der Waals surface area contributed by atoms with Crippen molar-refractivity contribution in [2.45, 2.75) is 20.5 Å². The zero-order valence-electron chi connectivity index (χ0n) is 14.1. The summed E-state index contributed by atoms with van der Waals surface area (Å²) in [5.41, 5.74) is 3.61. The Balaban J connectivity index is 1.71. The van der Waals surface area contributed by atoms with Crippen LogP contribution in [0.4, 0.5) is 0 Å². The van der Waals surface area contributed by atoms with Crippen LogP contribution in [-0.4, -0.2) is 15.4 Å². The third-order valence-corrected chi connectivity index (χ3v) is 3.88. The van der Waals surface area contributed by atoms with Crippen molar-refractivity contribution in [2.24, 2.45) is 0 Å². The molecule has 5 nitrogen and oxygen atoms in total. The van der Waals surface area contributed by atoms with Gasteiger partial charge in [0.25, 0.3) is 5.56 Å². The van der Waals surface area contributed by atoms with Gasteiger partial charge >= 0.3 is 5.97 Å². The van der Waals surface area contributed by atoms with Gasteiger partial charge in [0.05, 0.1) is 5.69 Å². The molecule has 2 heterocycles. The van der Waals surface area contributed by atoms with Crippen molar-refractivity contribution in [3.63, 3.8) is 0 Å². The second-order valence-electron chi connectivity index (χ2n) is 5.74. The van der Waals surface area contributed by atoms with E-state index in [4.69, 9.17) is 4.74 Å². The Labute approximate surface area is 145 Å². The second-order valence-corrected chi connectivity index (χ2v) is 5.74. The summed E-state index contributed by atoms with van der Waals surface area (Å²) in [6.07, 6.45) is 3.09. The van der Waals surface area contributed by atoms with E-state index in [1.54, 1.807) is 12.1 Å². The van der Waals surface area contributed by atoms with Crippen molar-refractivity contribution < 1.29 is 9.53 Å². The molecule has 5 heteroatoms. The van der Waals surface area contributed by atoms with Crippen molar-refractivity contribution in [1.29, 1.82) is 0 Å². The summed E-state index contributed by atoms with van der Waals surface area (Å²) in [6.45, 7) is 3.77. The zero-order chi connectivity index (χ0) is 17.8. The highest BCUT2D eigenvalue weighted by molar-refractivity contribution is 5.87. The molecule has 0 atom stereocenters. The van der Waals surface area contributed by atoms with Crippen LogP contribution in [0.3, 0.4) is 0 Å². The van der Waals surface area contributed by atoms with E-state index in [1.165, 1.54) is 16.5 Å². The van der Waals surface area contributed by atoms with Crippen molar-refractivity contribution >= 4 is 17.7 Å². The fourth-order valence-corrected chi connectivity index (χ4v) is 2.56. The summed E-state index contributed by atoms with van der Waals surface area (Å²) < 4.78 is 6.70. The van der Waals surface area contributed by atoms with E-state index in [1.807, 2.05) is 50.2 Å². The van der Waals surface area contributed by atoms with Gasteiger partial charge < -0.3 is 4.74 Å². The minimum Gasteiger partial charge on any atom is -0.456 e. The Hall–Kier alpha value is -3.21. The van der Waals surface area contributed by atoms with Crippen LogP contribution < -0.4 is 5.56 Å². The second kappa shape index (κ2) is 7.13. The SMILES string of the molecule is Cc1ccccc1/C=C/C(=O)OCc1cc(=O)n2c(C)cccc2n1. The molecule has 1 aromatic carbocycles. The molecule has 25 heavy (non-hydrogen) atoms. The van der Waals surface area contributed by atoms with E-state index in [2.05, 4.69) is 4.98 Å². The highest BCUT2D eigenvalue weighted by Crippen LogP contribution is 2.09. The molecule has 0 aliphatic carbocycles. The maximum Gasteiger partial charge on any atom is 0.331 e. The number of rotatable bonds is 4. The molecule has 0 saturated heterocycles. The van der Waals surface area contributed by atoms with Gasteiger partial charge in [0, 0.05) is 17.8 Å². The minimum atomic E-state index is -0.477. The summed E-state index contributed by atoms with van der Waals surface area (Å²) in [5, 5.41) is 0. The number of benzene rings is 1. The summed E-state index contributed by atoms with van der Waals surface area (Å²) in [7, 11) is 0. The Morgan fingerprint density at radius 1 is 1.16 bits per heavy atom. The smallest absolute Gasteiger partial charge is 0.331 e. The number of hydrogen-bond donors (Lipinski definition) is 0. The number of carbonyl (C=O) groups is 1. The van der Waals surface area contributed by atoms with Crippen molar-refractivity contribution in [3.05, 3.63) is 87.5 Å².